The van der Waals surface area contributed by atoms with Gasteiger partial charge in [-0.15, -0.1) is 0 Å². The third kappa shape index (κ3) is 5.12. The zero-order valence-corrected chi connectivity index (χ0v) is 20.7. The van der Waals surface area contributed by atoms with Crippen molar-refractivity contribution in [2.24, 2.45) is 7.05 Å². The molecule has 1 saturated heterocycles. The van der Waals surface area contributed by atoms with Crippen LogP contribution in [-0.4, -0.2) is 65.5 Å². The summed E-state index contributed by atoms with van der Waals surface area (Å²) in [5.74, 6) is 0.391. The number of benzene rings is 1. The van der Waals surface area contributed by atoms with E-state index in [9.17, 15) is 9.59 Å². The van der Waals surface area contributed by atoms with Crippen molar-refractivity contribution in [2.45, 2.75) is 45.3 Å². The quantitative estimate of drug-likeness (QED) is 0.380. The summed E-state index contributed by atoms with van der Waals surface area (Å²) in [6, 6.07) is 6.11. The molecule has 3 aromatic heterocycles. The van der Waals surface area contributed by atoms with Crippen molar-refractivity contribution in [2.75, 3.05) is 13.1 Å². The predicted molar refractivity (Wildman–Crippen MR) is 133 cm³/mol. The van der Waals surface area contributed by atoms with Gasteiger partial charge in [-0.1, -0.05) is 12.1 Å². The maximum Gasteiger partial charge on any atom is 0.410 e. The summed E-state index contributed by atoms with van der Waals surface area (Å²) in [4.78, 5) is 35.8. The van der Waals surface area contributed by atoms with Crippen LogP contribution in [0.5, 0.6) is 0 Å². The van der Waals surface area contributed by atoms with Crippen molar-refractivity contribution in [1.82, 2.24) is 34.4 Å². The number of likely N-dealkylation sites (tertiary alicyclic amines) is 1. The molecule has 0 bridgehead atoms. The third-order valence-corrected chi connectivity index (χ3v) is 6.35. The predicted octanol–water partition coefficient (Wildman–Crippen LogP) is 3.83. The first-order chi connectivity index (χ1) is 17.4. The topological polar surface area (TPSA) is 108 Å². The lowest BCUT2D eigenvalue weighted by atomic mass is 10.1. The lowest BCUT2D eigenvalue weighted by Crippen LogP contribution is -2.40. The van der Waals surface area contributed by atoms with Crippen LogP contribution in [0.2, 0.25) is 0 Å². The number of hydrogen-bond donors (Lipinski definition) is 0. The molecule has 0 radical (unpaired) electrons. The number of carbonyl (C=O) groups excluding carboxylic acids is 2. The standard InChI is InChI=1S/C26H29N7O3/c1-17(2)36-26(35)32-8-6-22(7-9-32)33-16-21(14-29-33)24(34)11-25-27-12-19-5-4-18(10-23(19)30-25)20-13-28-31(3)15-20/h4-5,10,12-17,22H,6-9,11H2,1-3H3. The van der Waals surface area contributed by atoms with E-state index in [0.717, 1.165) is 34.9 Å². The molecule has 1 aliphatic heterocycles. The van der Waals surface area contributed by atoms with Gasteiger partial charge in [-0.2, -0.15) is 10.2 Å². The molecule has 0 spiro atoms. The average Bonchev–Trinajstić information content (AvgIpc) is 3.53. The monoisotopic (exact) mass is 487 g/mol. The Labute approximate surface area is 208 Å². The van der Waals surface area contributed by atoms with E-state index in [4.69, 9.17) is 4.74 Å². The van der Waals surface area contributed by atoms with Gasteiger partial charge in [0.2, 0.25) is 0 Å². The van der Waals surface area contributed by atoms with E-state index < -0.39 is 0 Å². The van der Waals surface area contributed by atoms with Gasteiger partial charge in [0.25, 0.3) is 0 Å². The Kier molecular flexibility index (Phi) is 6.49. The second-order valence-corrected chi connectivity index (χ2v) is 9.42. The van der Waals surface area contributed by atoms with E-state index in [1.54, 1.807) is 28.2 Å². The molecule has 10 nitrogen and oxygen atoms in total. The van der Waals surface area contributed by atoms with E-state index in [0.29, 0.717) is 24.5 Å². The Bertz CT molecular complexity index is 1400. The molecule has 1 aliphatic rings. The summed E-state index contributed by atoms with van der Waals surface area (Å²) in [7, 11) is 1.88. The van der Waals surface area contributed by atoms with Crippen LogP contribution in [0.3, 0.4) is 0 Å². The van der Waals surface area contributed by atoms with Crippen LogP contribution < -0.4 is 0 Å². The van der Waals surface area contributed by atoms with Crippen molar-refractivity contribution >= 4 is 22.8 Å². The van der Waals surface area contributed by atoms with Crippen molar-refractivity contribution in [3.05, 3.63) is 60.6 Å². The molecule has 186 valence electrons. The van der Waals surface area contributed by atoms with Crippen LogP contribution in [0, 0.1) is 0 Å². The number of nitrogens with zero attached hydrogens (tertiary/aromatic N) is 7. The van der Waals surface area contributed by atoms with Gasteiger partial charge in [-0.05, 0) is 38.3 Å². The van der Waals surface area contributed by atoms with Gasteiger partial charge in [0, 0.05) is 49.7 Å². The molecule has 4 aromatic rings. The van der Waals surface area contributed by atoms with E-state index in [1.165, 1.54) is 0 Å². The largest absolute Gasteiger partial charge is 0.447 e. The number of amides is 1. The molecule has 10 heteroatoms. The molecule has 0 saturated carbocycles. The van der Waals surface area contributed by atoms with Crippen LogP contribution in [-0.2, 0) is 18.2 Å². The number of aryl methyl sites for hydroxylation is 1. The number of piperidine rings is 1. The first kappa shape index (κ1) is 23.7. The summed E-state index contributed by atoms with van der Waals surface area (Å²) < 4.78 is 8.87. The summed E-state index contributed by atoms with van der Waals surface area (Å²) in [6.07, 6.45) is 10.1. The molecule has 0 atom stereocenters. The number of ketones is 1. The van der Waals surface area contributed by atoms with Crippen molar-refractivity contribution in [3.63, 3.8) is 0 Å². The molecule has 1 amide bonds. The van der Waals surface area contributed by atoms with Gasteiger partial charge in [0.1, 0.15) is 5.82 Å². The summed E-state index contributed by atoms with van der Waals surface area (Å²) in [6.45, 7) is 4.89. The van der Waals surface area contributed by atoms with Gasteiger partial charge < -0.3 is 9.64 Å². The molecule has 4 heterocycles. The minimum atomic E-state index is -0.275. The lowest BCUT2D eigenvalue weighted by molar-refractivity contribution is 0.0653. The van der Waals surface area contributed by atoms with Crippen molar-refractivity contribution in [1.29, 1.82) is 0 Å². The first-order valence-corrected chi connectivity index (χ1v) is 12.1. The summed E-state index contributed by atoms with van der Waals surface area (Å²) >= 11 is 0. The van der Waals surface area contributed by atoms with Crippen LogP contribution in [0.1, 0.15) is 48.9 Å². The highest BCUT2D eigenvalue weighted by atomic mass is 16.6. The molecule has 1 fully saturated rings. The fourth-order valence-corrected chi connectivity index (χ4v) is 4.41. The minimum Gasteiger partial charge on any atom is -0.447 e. The normalized spacial score (nSPS) is 14.5. The zero-order chi connectivity index (χ0) is 25.2. The Balaban J connectivity index is 1.24. The Morgan fingerprint density at radius 2 is 1.86 bits per heavy atom. The summed E-state index contributed by atoms with van der Waals surface area (Å²) in [5.41, 5.74) is 3.33. The van der Waals surface area contributed by atoms with Crippen LogP contribution in [0.25, 0.3) is 22.0 Å². The highest BCUT2D eigenvalue weighted by Gasteiger charge is 2.26. The fourth-order valence-electron chi connectivity index (χ4n) is 4.41. The van der Waals surface area contributed by atoms with Gasteiger partial charge in [-0.25, -0.2) is 14.8 Å². The molecule has 0 unspecified atom stereocenters. The van der Waals surface area contributed by atoms with Gasteiger partial charge in [0.15, 0.2) is 5.78 Å². The number of ether oxygens (including phenoxy) is 1. The van der Waals surface area contributed by atoms with Crippen molar-refractivity contribution in [3.8, 4) is 11.1 Å². The molecular weight excluding hydrogens is 458 g/mol. The molecular formula is C26H29N7O3. The number of Topliss-reactive ketones (excluding diaryl/α,β-unsaturated/α-hetero) is 1. The van der Waals surface area contributed by atoms with Crippen molar-refractivity contribution < 1.29 is 14.3 Å². The van der Waals surface area contributed by atoms with Gasteiger partial charge in [-0.3, -0.25) is 14.2 Å². The Hall–Kier alpha value is -4.08. The maximum absolute atomic E-state index is 13.0. The number of fused-ring (bicyclic) bond motifs is 1. The molecule has 0 N–H and O–H groups in total. The number of carbonyl (C=O) groups is 2. The average molecular weight is 488 g/mol. The van der Waals surface area contributed by atoms with E-state index in [1.807, 2.05) is 56.2 Å². The smallest absolute Gasteiger partial charge is 0.410 e. The van der Waals surface area contributed by atoms with Crippen LogP contribution >= 0.6 is 0 Å². The third-order valence-electron chi connectivity index (χ3n) is 6.35. The van der Waals surface area contributed by atoms with E-state index >= 15 is 0 Å². The molecule has 0 aliphatic carbocycles. The first-order valence-electron chi connectivity index (χ1n) is 12.1. The van der Waals surface area contributed by atoms with Gasteiger partial charge in [0.05, 0.1) is 42.0 Å². The van der Waals surface area contributed by atoms with Crippen LogP contribution in [0.4, 0.5) is 4.79 Å². The number of hydrogen-bond acceptors (Lipinski definition) is 7. The molecule has 36 heavy (non-hydrogen) atoms. The highest BCUT2D eigenvalue weighted by Crippen LogP contribution is 2.24. The van der Waals surface area contributed by atoms with E-state index in [2.05, 4.69) is 20.2 Å². The lowest BCUT2D eigenvalue weighted by Gasteiger charge is -2.31. The Morgan fingerprint density at radius 3 is 2.58 bits per heavy atom. The molecule has 5 rings (SSSR count). The minimum absolute atomic E-state index is 0.0815. The number of rotatable bonds is 6. The van der Waals surface area contributed by atoms with Crippen LogP contribution in [0.15, 0.2) is 49.2 Å². The number of aromatic nitrogens is 6. The highest BCUT2D eigenvalue weighted by molar-refractivity contribution is 5.97. The van der Waals surface area contributed by atoms with E-state index in [-0.39, 0.29) is 30.4 Å². The van der Waals surface area contributed by atoms with Gasteiger partial charge >= 0.3 is 6.09 Å². The fraction of sp³-hybridized carbons (Fsp3) is 0.385. The SMILES string of the molecule is CC(C)OC(=O)N1CCC(n2cc(C(=O)Cc3ncc4ccc(-c5cnn(C)c5)cc4n3)cn2)CC1. The maximum atomic E-state index is 13.0. The zero-order valence-electron chi connectivity index (χ0n) is 20.7. The second-order valence-electron chi connectivity index (χ2n) is 9.42. The molecule has 1 aromatic carbocycles. The summed E-state index contributed by atoms with van der Waals surface area (Å²) in [5, 5.41) is 9.57. The second kappa shape index (κ2) is 9.88. The Morgan fingerprint density at radius 1 is 1.06 bits per heavy atom.